The van der Waals surface area contributed by atoms with Gasteiger partial charge < -0.3 is 16.8 Å². The van der Waals surface area contributed by atoms with Gasteiger partial charge in [0.25, 0.3) is 5.91 Å². The summed E-state index contributed by atoms with van der Waals surface area (Å²) in [6, 6.07) is 7.34. The van der Waals surface area contributed by atoms with Crippen LogP contribution in [-0.2, 0) is 6.54 Å². The maximum atomic E-state index is 11.4. The van der Waals surface area contributed by atoms with Crippen LogP contribution in [0.25, 0.3) is 0 Å². The SMILES string of the molecule is CCNC(=O)c1cccc(CN)c1.CN. The molecule has 0 atom stereocenters. The topological polar surface area (TPSA) is 81.1 Å². The monoisotopic (exact) mass is 209 g/mol. The molecule has 0 fully saturated rings. The van der Waals surface area contributed by atoms with Crippen LogP contribution in [0.3, 0.4) is 0 Å². The van der Waals surface area contributed by atoms with Crippen LogP contribution in [0.1, 0.15) is 22.8 Å². The Kier molecular flexibility index (Phi) is 7.23. The lowest BCUT2D eigenvalue weighted by Gasteiger charge is -2.03. The van der Waals surface area contributed by atoms with E-state index in [2.05, 4.69) is 11.1 Å². The van der Waals surface area contributed by atoms with Gasteiger partial charge in [-0.3, -0.25) is 4.79 Å². The van der Waals surface area contributed by atoms with Crippen LogP contribution in [0, 0.1) is 0 Å². The molecule has 1 amide bonds. The van der Waals surface area contributed by atoms with Crippen LogP contribution in [-0.4, -0.2) is 19.5 Å². The molecule has 0 heterocycles. The average Bonchev–Trinajstić information content (AvgIpc) is 2.32. The van der Waals surface area contributed by atoms with E-state index in [1.54, 1.807) is 6.07 Å². The van der Waals surface area contributed by atoms with Gasteiger partial charge in [0.05, 0.1) is 0 Å². The molecular weight excluding hydrogens is 190 g/mol. The molecule has 1 rings (SSSR count). The quantitative estimate of drug-likeness (QED) is 0.677. The van der Waals surface area contributed by atoms with Crippen molar-refractivity contribution in [1.29, 1.82) is 0 Å². The number of benzene rings is 1. The van der Waals surface area contributed by atoms with Gasteiger partial charge >= 0.3 is 0 Å². The lowest BCUT2D eigenvalue weighted by Crippen LogP contribution is -2.22. The lowest BCUT2D eigenvalue weighted by atomic mass is 10.1. The average molecular weight is 209 g/mol. The fraction of sp³-hybridized carbons (Fsp3) is 0.364. The van der Waals surface area contributed by atoms with Crippen molar-refractivity contribution < 1.29 is 4.79 Å². The maximum absolute atomic E-state index is 11.4. The first-order valence-electron chi connectivity index (χ1n) is 4.93. The highest BCUT2D eigenvalue weighted by Gasteiger charge is 2.02. The first kappa shape index (κ1) is 13.6. The van der Waals surface area contributed by atoms with Crippen molar-refractivity contribution in [3.63, 3.8) is 0 Å². The minimum atomic E-state index is -0.0437. The standard InChI is InChI=1S/C10H14N2O.CH5N/c1-2-12-10(13)9-5-3-4-8(6-9)7-11;1-2/h3-6H,2,7,11H2,1H3,(H,12,13);2H2,1H3. The minimum absolute atomic E-state index is 0.0437. The molecule has 0 bridgehead atoms. The van der Waals surface area contributed by atoms with E-state index in [4.69, 9.17) is 5.73 Å². The Labute approximate surface area is 90.7 Å². The summed E-state index contributed by atoms with van der Waals surface area (Å²) in [6.45, 7) is 3.00. The Bertz CT molecular complexity index is 300. The molecule has 5 N–H and O–H groups in total. The molecular formula is C11H19N3O. The van der Waals surface area contributed by atoms with Gasteiger partial charge in [0.15, 0.2) is 0 Å². The molecule has 0 spiro atoms. The third-order valence-corrected chi connectivity index (χ3v) is 1.76. The second kappa shape index (κ2) is 7.96. The molecule has 0 radical (unpaired) electrons. The Morgan fingerprint density at radius 2 is 2.07 bits per heavy atom. The molecule has 0 aromatic heterocycles. The molecule has 0 aliphatic rings. The second-order valence-corrected chi connectivity index (χ2v) is 2.76. The molecule has 1 aromatic carbocycles. The summed E-state index contributed by atoms with van der Waals surface area (Å²) in [6.07, 6.45) is 0. The zero-order chi connectivity index (χ0) is 11.7. The van der Waals surface area contributed by atoms with Gasteiger partial charge in [-0.2, -0.15) is 0 Å². The van der Waals surface area contributed by atoms with Crippen molar-refractivity contribution in [1.82, 2.24) is 5.32 Å². The van der Waals surface area contributed by atoms with Gasteiger partial charge in [-0.15, -0.1) is 0 Å². The normalized spacial score (nSPS) is 8.80. The highest BCUT2D eigenvalue weighted by Crippen LogP contribution is 2.03. The van der Waals surface area contributed by atoms with Crippen LogP contribution >= 0.6 is 0 Å². The molecule has 15 heavy (non-hydrogen) atoms. The number of rotatable bonds is 3. The third-order valence-electron chi connectivity index (χ3n) is 1.76. The minimum Gasteiger partial charge on any atom is -0.352 e. The van der Waals surface area contributed by atoms with Crippen molar-refractivity contribution in [2.45, 2.75) is 13.5 Å². The number of hydrogen-bond donors (Lipinski definition) is 3. The fourth-order valence-corrected chi connectivity index (χ4v) is 1.10. The van der Waals surface area contributed by atoms with E-state index in [0.29, 0.717) is 18.7 Å². The molecule has 4 heteroatoms. The highest BCUT2D eigenvalue weighted by atomic mass is 16.1. The van der Waals surface area contributed by atoms with Gasteiger partial charge in [-0.1, -0.05) is 12.1 Å². The number of nitrogens with two attached hydrogens (primary N) is 2. The molecule has 0 unspecified atom stereocenters. The van der Waals surface area contributed by atoms with Gasteiger partial charge in [-0.25, -0.2) is 0 Å². The molecule has 0 aliphatic heterocycles. The highest BCUT2D eigenvalue weighted by molar-refractivity contribution is 5.94. The Morgan fingerprint density at radius 1 is 1.40 bits per heavy atom. The maximum Gasteiger partial charge on any atom is 0.251 e. The summed E-state index contributed by atoms with van der Waals surface area (Å²) in [5.41, 5.74) is 11.6. The van der Waals surface area contributed by atoms with Crippen molar-refractivity contribution in [3.05, 3.63) is 35.4 Å². The first-order valence-corrected chi connectivity index (χ1v) is 4.93. The Morgan fingerprint density at radius 3 is 2.60 bits per heavy atom. The fourth-order valence-electron chi connectivity index (χ4n) is 1.10. The smallest absolute Gasteiger partial charge is 0.251 e. The Hall–Kier alpha value is -1.39. The van der Waals surface area contributed by atoms with Crippen LogP contribution in [0.4, 0.5) is 0 Å². The number of amides is 1. The van der Waals surface area contributed by atoms with E-state index >= 15 is 0 Å². The van der Waals surface area contributed by atoms with Crippen molar-refractivity contribution in [3.8, 4) is 0 Å². The second-order valence-electron chi connectivity index (χ2n) is 2.76. The molecule has 0 aliphatic carbocycles. The Balaban J connectivity index is 0.000000921. The van der Waals surface area contributed by atoms with Crippen molar-refractivity contribution >= 4 is 5.91 Å². The predicted octanol–water partition coefficient (Wildman–Crippen LogP) is 0.470. The van der Waals surface area contributed by atoms with E-state index < -0.39 is 0 Å². The number of hydrogen-bond acceptors (Lipinski definition) is 3. The van der Waals surface area contributed by atoms with Gasteiger partial charge in [0.2, 0.25) is 0 Å². The molecule has 4 nitrogen and oxygen atoms in total. The molecule has 84 valence electrons. The van der Waals surface area contributed by atoms with E-state index in [1.807, 2.05) is 25.1 Å². The zero-order valence-electron chi connectivity index (χ0n) is 9.29. The van der Waals surface area contributed by atoms with Crippen molar-refractivity contribution in [2.75, 3.05) is 13.6 Å². The molecule has 1 aromatic rings. The van der Waals surface area contributed by atoms with Crippen LogP contribution in [0.2, 0.25) is 0 Å². The number of carbonyl (C=O) groups is 1. The van der Waals surface area contributed by atoms with Gasteiger partial charge in [-0.05, 0) is 31.7 Å². The van der Waals surface area contributed by atoms with Crippen LogP contribution in [0.5, 0.6) is 0 Å². The summed E-state index contributed by atoms with van der Waals surface area (Å²) in [5.74, 6) is -0.0437. The summed E-state index contributed by atoms with van der Waals surface area (Å²) < 4.78 is 0. The van der Waals surface area contributed by atoms with E-state index in [0.717, 1.165) is 5.56 Å². The molecule has 0 saturated heterocycles. The number of carbonyl (C=O) groups excluding carboxylic acids is 1. The van der Waals surface area contributed by atoms with Crippen LogP contribution < -0.4 is 16.8 Å². The summed E-state index contributed by atoms with van der Waals surface area (Å²) >= 11 is 0. The van der Waals surface area contributed by atoms with Crippen molar-refractivity contribution in [2.24, 2.45) is 11.5 Å². The summed E-state index contributed by atoms with van der Waals surface area (Å²) in [7, 11) is 1.50. The largest absolute Gasteiger partial charge is 0.352 e. The van der Waals surface area contributed by atoms with Crippen LogP contribution in [0.15, 0.2) is 24.3 Å². The zero-order valence-corrected chi connectivity index (χ0v) is 9.29. The van der Waals surface area contributed by atoms with E-state index in [1.165, 1.54) is 7.05 Å². The predicted molar refractivity (Wildman–Crippen MR) is 62.5 cm³/mol. The summed E-state index contributed by atoms with van der Waals surface area (Å²) in [4.78, 5) is 11.4. The lowest BCUT2D eigenvalue weighted by molar-refractivity contribution is 0.0955. The summed E-state index contributed by atoms with van der Waals surface area (Å²) in [5, 5.41) is 2.73. The van der Waals surface area contributed by atoms with E-state index in [-0.39, 0.29) is 5.91 Å². The molecule has 0 saturated carbocycles. The number of nitrogens with one attached hydrogen (secondary N) is 1. The van der Waals surface area contributed by atoms with Gasteiger partial charge in [0.1, 0.15) is 0 Å². The van der Waals surface area contributed by atoms with Gasteiger partial charge in [0, 0.05) is 18.7 Å². The van der Waals surface area contributed by atoms with E-state index in [9.17, 15) is 4.79 Å². The third kappa shape index (κ3) is 4.58. The first-order chi connectivity index (χ1) is 7.27.